The highest BCUT2D eigenvalue weighted by molar-refractivity contribution is 5.72. The molecule has 1 aromatic rings. The van der Waals surface area contributed by atoms with Crippen LogP contribution in [0, 0.1) is 5.92 Å². The molecule has 0 aliphatic carbocycles. The van der Waals surface area contributed by atoms with Gasteiger partial charge in [0.05, 0.1) is 31.3 Å². The zero-order chi connectivity index (χ0) is 21.6. The SMILES string of the molecule is CCOC(=O)C1CCC(F)(F)c2c3c(nn2C1)C[C@@H](C)N(C(=O)OC(C)(C)C)C3. The van der Waals surface area contributed by atoms with E-state index in [0.717, 1.165) is 0 Å². The van der Waals surface area contributed by atoms with E-state index in [2.05, 4.69) is 5.10 Å². The number of carbonyl (C=O) groups is 2. The molecule has 1 unspecified atom stereocenters. The van der Waals surface area contributed by atoms with Crippen molar-refractivity contribution in [2.24, 2.45) is 5.92 Å². The summed E-state index contributed by atoms with van der Waals surface area (Å²) in [5.41, 5.74) is 0.0452. The summed E-state index contributed by atoms with van der Waals surface area (Å²) in [6.07, 6.45) is -0.612. The number of ether oxygens (including phenoxy) is 2. The number of halogens is 2. The van der Waals surface area contributed by atoms with Crippen LogP contribution in [0.1, 0.15) is 64.4 Å². The second-order valence-corrected chi connectivity index (χ2v) is 8.81. The van der Waals surface area contributed by atoms with Crippen LogP contribution in [0.5, 0.6) is 0 Å². The van der Waals surface area contributed by atoms with Crippen molar-refractivity contribution < 1.29 is 27.8 Å². The molecule has 162 valence electrons. The van der Waals surface area contributed by atoms with Crippen molar-refractivity contribution in [1.29, 1.82) is 0 Å². The molecule has 0 aromatic carbocycles. The van der Waals surface area contributed by atoms with Crippen molar-refractivity contribution in [2.45, 2.75) is 84.5 Å². The lowest BCUT2D eigenvalue weighted by Gasteiger charge is -2.35. The van der Waals surface area contributed by atoms with Crippen molar-refractivity contribution in [3.63, 3.8) is 0 Å². The average Bonchev–Trinajstić information content (AvgIpc) is 2.87. The summed E-state index contributed by atoms with van der Waals surface area (Å²) in [5, 5.41) is 4.41. The molecule has 7 nitrogen and oxygen atoms in total. The number of carbonyl (C=O) groups excluding carboxylic acids is 2. The number of nitrogens with zero attached hydrogens (tertiary/aromatic N) is 3. The van der Waals surface area contributed by atoms with Crippen molar-refractivity contribution in [3.05, 3.63) is 17.0 Å². The van der Waals surface area contributed by atoms with Crippen LogP contribution in [0.25, 0.3) is 0 Å². The zero-order valence-electron chi connectivity index (χ0n) is 17.6. The second-order valence-electron chi connectivity index (χ2n) is 8.81. The van der Waals surface area contributed by atoms with E-state index < -0.39 is 35.9 Å². The van der Waals surface area contributed by atoms with Crippen LogP contribution in [0.15, 0.2) is 0 Å². The third-order valence-electron chi connectivity index (χ3n) is 5.28. The van der Waals surface area contributed by atoms with Crippen molar-refractivity contribution in [3.8, 4) is 0 Å². The van der Waals surface area contributed by atoms with Gasteiger partial charge in [0, 0.05) is 24.4 Å². The summed E-state index contributed by atoms with van der Waals surface area (Å²) in [6.45, 7) is 9.10. The molecule has 0 N–H and O–H groups in total. The maximum absolute atomic E-state index is 15.0. The van der Waals surface area contributed by atoms with Gasteiger partial charge in [-0.15, -0.1) is 0 Å². The summed E-state index contributed by atoms with van der Waals surface area (Å²) < 4.78 is 41.8. The van der Waals surface area contributed by atoms with Crippen LogP contribution in [0.2, 0.25) is 0 Å². The van der Waals surface area contributed by atoms with Crippen molar-refractivity contribution in [2.75, 3.05) is 6.61 Å². The lowest BCUT2D eigenvalue weighted by molar-refractivity contribution is -0.149. The van der Waals surface area contributed by atoms with Crippen LogP contribution in [-0.2, 0) is 39.7 Å². The number of rotatable bonds is 2. The highest BCUT2D eigenvalue weighted by Crippen LogP contribution is 2.42. The Morgan fingerprint density at radius 2 is 2.00 bits per heavy atom. The molecule has 9 heteroatoms. The molecule has 2 aliphatic heterocycles. The number of hydrogen-bond acceptors (Lipinski definition) is 5. The van der Waals surface area contributed by atoms with Gasteiger partial charge in [0.1, 0.15) is 11.3 Å². The van der Waals surface area contributed by atoms with Crippen LogP contribution >= 0.6 is 0 Å². The molecule has 1 amide bonds. The standard InChI is InChI=1S/C20H29F2N3O4/c1-6-28-17(26)13-7-8-20(21,22)16-14-11-24(18(27)29-19(3,4)5)12(2)9-15(14)23-25(16)10-13/h12-13H,6-11H2,1-5H3/t12-,13?/m1/s1. The molecule has 0 spiro atoms. The number of fused-ring (bicyclic) bond motifs is 3. The Bertz CT molecular complexity index is 800. The second kappa shape index (κ2) is 7.57. The third kappa shape index (κ3) is 4.38. The highest BCUT2D eigenvalue weighted by atomic mass is 19.3. The molecular formula is C20H29F2N3O4. The van der Waals surface area contributed by atoms with Crippen molar-refractivity contribution in [1.82, 2.24) is 14.7 Å². The first-order valence-corrected chi connectivity index (χ1v) is 10.1. The zero-order valence-corrected chi connectivity index (χ0v) is 17.6. The van der Waals surface area contributed by atoms with E-state index in [1.54, 1.807) is 27.7 Å². The fourth-order valence-corrected chi connectivity index (χ4v) is 3.93. The first-order chi connectivity index (χ1) is 13.4. The Labute approximate surface area is 169 Å². The number of esters is 1. The largest absolute Gasteiger partial charge is 0.466 e. The molecule has 2 aliphatic rings. The molecular weight excluding hydrogens is 384 g/mol. The van der Waals surface area contributed by atoms with Gasteiger partial charge in [0.15, 0.2) is 0 Å². The smallest absolute Gasteiger partial charge is 0.410 e. The van der Waals surface area contributed by atoms with Crippen LogP contribution in [0.4, 0.5) is 13.6 Å². The normalized spacial score (nSPS) is 23.6. The lowest BCUT2D eigenvalue weighted by Crippen LogP contribution is -2.45. The van der Waals surface area contributed by atoms with Gasteiger partial charge < -0.3 is 14.4 Å². The summed E-state index contributed by atoms with van der Waals surface area (Å²) in [5.74, 6) is -4.28. The number of alkyl halides is 2. The summed E-state index contributed by atoms with van der Waals surface area (Å²) in [7, 11) is 0. The molecule has 29 heavy (non-hydrogen) atoms. The lowest BCUT2D eigenvalue weighted by atomic mass is 9.95. The van der Waals surface area contributed by atoms with Crippen molar-refractivity contribution >= 4 is 12.1 Å². The van der Waals surface area contributed by atoms with Gasteiger partial charge in [-0.1, -0.05) is 0 Å². The molecule has 0 radical (unpaired) electrons. The van der Waals surface area contributed by atoms with Crippen LogP contribution in [-0.4, -0.2) is 45.0 Å². The highest BCUT2D eigenvalue weighted by Gasteiger charge is 2.46. The molecule has 0 saturated heterocycles. The molecule has 0 fully saturated rings. The number of hydrogen-bond donors (Lipinski definition) is 0. The fourth-order valence-electron chi connectivity index (χ4n) is 3.93. The molecule has 0 saturated carbocycles. The van der Waals surface area contributed by atoms with Gasteiger partial charge in [-0.05, 0) is 41.0 Å². The Morgan fingerprint density at radius 1 is 1.31 bits per heavy atom. The molecule has 3 rings (SSSR count). The number of aromatic nitrogens is 2. The van der Waals surface area contributed by atoms with E-state index in [-0.39, 0.29) is 37.9 Å². The number of amides is 1. The van der Waals surface area contributed by atoms with E-state index in [4.69, 9.17) is 9.47 Å². The van der Waals surface area contributed by atoms with E-state index in [1.165, 1.54) is 9.58 Å². The Hall–Kier alpha value is -2.19. The fraction of sp³-hybridized carbons (Fsp3) is 0.750. The van der Waals surface area contributed by atoms with Gasteiger partial charge >= 0.3 is 12.1 Å². The topological polar surface area (TPSA) is 73.7 Å². The van der Waals surface area contributed by atoms with E-state index in [0.29, 0.717) is 17.7 Å². The maximum Gasteiger partial charge on any atom is 0.410 e. The Kier molecular flexibility index (Phi) is 5.62. The van der Waals surface area contributed by atoms with Gasteiger partial charge in [0.25, 0.3) is 5.92 Å². The van der Waals surface area contributed by atoms with Gasteiger partial charge in [-0.25, -0.2) is 4.79 Å². The minimum atomic E-state index is -3.14. The van der Waals surface area contributed by atoms with E-state index in [1.807, 2.05) is 6.92 Å². The predicted octanol–water partition coefficient (Wildman–Crippen LogP) is 3.63. The summed E-state index contributed by atoms with van der Waals surface area (Å²) in [4.78, 5) is 26.2. The minimum absolute atomic E-state index is 0.0143. The van der Waals surface area contributed by atoms with Gasteiger partial charge in [-0.3, -0.25) is 9.48 Å². The monoisotopic (exact) mass is 413 g/mol. The predicted molar refractivity (Wildman–Crippen MR) is 100 cm³/mol. The minimum Gasteiger partial charge on any atom is -0.466 e. The molecule has 2 atom stereocenters. The quantitative estimate of drug-likeness (QED) is 0.693. The molecule has 1 aromatic heterocycles. The van der Waals surface area contributed by atoms with E-state index in [9.17, 15) is 9.59 Å². The average molecular weight is 413 g/mol. The summed E-state index contributed by atoms with van der Waals surface area (Å²) in [6, 6.07) is -0.231. The van der Waals surface area contributed by atoms with Crippen LogP contribution < -0.4 is 0 Å². The first kappa shape index (κ1) is 21.5. The molecule has 0 bridgehead atoms. The summed E-state index contributed by atoms with van der Waals surface area (Å²) >= 11 is 0. The first-order valence-electron chi connectivity index (χ1n) is 10.1. The Balaban J connectivity index is 1.94. The Morgan fingerprint density at radius 3 is 2.62 bits per heavy atom. The van der Waals surface area contributed by atoms with Gasteiger partial charge in [0.2, 0.25) is 0 Å². The van der Waals surface area contributed by atoms with Crippen LogP contribution in [0.3, 0.4) is 0 Å². The van der Waals surface area contributed by atoms with E-state index >= 15 is 8.78 Å². The van der Waals surface area contributed by atoms with Gasteiger partial charge in [-0.2, -0.15) is 13.9 Å². The maximum atomic E-state index is 15.0. The molecule has 3 heterocycles. The third-order valence-corrected chi connectivity index (χ3v) is 5.28.